The van der Waals surface area contributed by atoms with Gasteiger partial charge >= 0.3 is 5.97 Å². The molecule has 0 radical (unpaired) electrons. The van der Waals surface area contributed by atoms with Crippen LogP contribution in [0.4, 0.5) is 5.13 Å². The van der Waals surface area contributed by atoms with Gasteiger partial charge in [-0.05, 0) is 28.7 Å². The predicted molar refractivity (Wildman–Crippen MR) is 149 cm³/mol. The molecule has 0 aromatic carbocycles. The maximum absolute atomic E-state index is 13.1. The van der Waals surface area contributed by atoms with Crippen LogP contribution in [0.1, 0.15) is 11.3 Å². The number of aliphatic carboxylic acids is 1. The molecular weight excluding hydrogens is 565 g/mol. The Kier molecular flexibility index (Phi) is 9.36. The standard InChI is InChI=1S/C24H20N6O6S3/c1-2-7-36-29-17(16-12-39-24(27-16)26-13-31)20(32)28-18-21(33)30-19(23(34)35)15(11-38-22(18)30)10-37-8-5-14-4-3-6-25-9-14/h1,3-6,8-9,12-13,18,22H,7,10-11H2,(H,28,32)(H,34,35)(H,26,27,31)/b8-5-,29-17?/t18?,22-/m0/s1. The Bertz CT molecular complexity index is 1400. The molecule has 2 aromatic rings. The summed E-state index contributed by atoms with van der Waals surface area (Å²) >= 11 is 3.81. The molecule has 1 saturated heterocycles. The number of carboxylic acid groups (broad SMARTS) is 1. The summed E-state index contributed by atoms with van der Waals surface area (Å²) in [5.41, 5.74) is 1.29. The highest BCUT2D eigenvalue weighted by molar-refractivity contribution is 8.02. The van der Waals surface area contributed by atoms with Crippen LogP contribution in [0.2, 0.25) is 0 Å². The van der Waals surface area contributed by atoms with E-state index in [4.69, 9.17) is 11.3 Å². The quantitative estimate of drug-likeness (QED) is 0.0834. The van der Waals surface area contributed by atoms with Crippen molar-refractivity contribution in [1.29, 1.82) is 0 Å². The number of fused-ring (bicyclic) bond motifs is 1. The van der Waals surface area contributed by atoms with Crippen LogP contribution >= 0.6 is 34.9 Å². The molecule has 2 atom stereocenters. The van der Waals surface area contributed by atoms with Crippen LogP contribution in [-0.2, 0) is 24.0 Å². The van der Waals surface area contributed by atoms with E-state index < -0.39 is 29.2 Å². The monoisotopic (exact) mass is 584 g/mol. The number of hydrogen-bond donors (Lipinski definition) is 3. The lowest BCUT2D eigenvalue weighted by Crippen LogP contribution is -2.71. The number of carboxylic acids is 1. The largest absolute Gasteiger partial charge is 0.477 e. The molecule has 0 bridgehead atoms. The molecule has 200 valence electrons. The van der Waals surface area contributed by atoms with Crippen molar-refractivity contribution >= 4 is 76.0 Å². The Balaban J connectivity index is 1.45. The number of carbonyl (C=O) groups excluding carboxylic acids is 3. The van der Waals surface area contributed by atoms with Crippen molar-refractivity contribution in [2.45, 2.75) is 11.4 Å². The van der Waals surface area contributed by atoms with Gasteiger partial charge in [-0.3, -0.25) is 24.3 Å². The van der Waals surface area contributed by atoms with E-state index in [1.807, 2.05) is 23.6 Å². The Labute approximate surface area is 235 Å². The predicted octanol–water partition coefficient (Wildman–Crippen LogP) is 1.60. The van der Waals surface area contributed by atoms with E-state index in [1.54, 1.807) is 12.4 Å². The van der Waals surface area contributed by atoms with Crippen LogP contribution in [0, 0.1) is 12.3 Å². The number of nitrogens with one attached hydrogen (secondary N) is 2. The van der Waals surface area contributed by atoms with Gasteiger partial charge in [0.15, 0.2) is 17.5 Å². The van der Waals surface area contributed by atoms with E-state index >= 15 is 0 Å². The van der Waals surface area contributed by atoms with Crippen molar-refractivity contribution in [2.75, 3.05) is 23.4 Å². The summed E-state index contributed by atoms with van der Waals surface area (Å²) in [4.78, 5) is 63.2. The van der Waals surface area contributed by atoms with Gasteiger partial charge in [-0.25, -0.2) is 9.78 Å². The maximum atomic E-state index is 13.1. The van der Waals surface area contributed by atoms with Gasteiger partial charge in [0.1, 0.15) is 22.8 Å². The van der Waals surface area contributed by atoms with Gasteiger partial charge < -0.3 is 20.6 Å². The van der Waals surface area contributed by atoms with E-state index in [2.05, 4.69) is 31.7 Å². The molecule has 2 aromatic heterocycles. The Morgan fingerprint density at radius 2 is 2.28 bits per heavy atom. The van der Waals surface area contributed by atoms with Crippen LogP contribution in [0.15, 0.2) is 51.7 Å². The molecule has 0 saturated carbocycles. The molecule has 3 amide bonds. The Hall–Kier alpha value is -4.13. The summed E-state index contributed by atoms with van der Waals surface area (Å²) in [7, 11) is 0. The molecule has 2 aliphatic rings. The summed E-state index contributed by atoms with van der Waals surface area (Å²) in [6.45, 7) is -0.208. The molecule has 1 unspecified atom stereocenters. The SMILES string of the molecule is C#CCON=C(C(=O)NC1C(=O)N2C(C(=O)O)=C(CS/C=C\c3cccnc3)CS[C@@H]12)c1csc(NC=O)n1. The average Bonchev–Trinajstić information content (AvgIpc) is 3.40. The third kappa shape index (κ3) is 6.48. The summed E-state index contributed by atoms with van der Waals surface area (Å²) in [6, 6.07) is 2.73. The van der Waals surface area contributed by atoms with Gasteiger partial charge in [0, 0.05) is 29.3 Å². The molecule has 2 aliphatic heterocycles. The first kappa shape index (κ1) is 27.9. The number of anilines is 1. The normalized spacial score (nSPS) is 18.7. The lowest BCUT2D eigenvalue weighted by Gasteiger charge is -2.49. The number of rotatable bonds is 12. The molecule has 12 nitrogen and oxygen atoms in total. The number of carbonyl (C=O) groups is 4. The first-order valence-electron chi connectivity index (χ1n) is 11.1. The molecule has 0 spiro atoms. The van der Waals surface area contributed by atoms with Gasteiger partial charge in [0.05, 0.1) is 0 Å². The molecule has 0 aliphatic carbocycles. The van der Waals surface area contributed by atoms with Crippen LogP contribution in [0.3, 0.4) is 0 Å². The third-order valence-corrected chi connectivity index (χ3v) is 8.24. The fourth-order valence-electron chi connectivity index (χ4n) is 3.59. The second-order valence-corrected chi connectivity index (χ2v) is 10.6. The van der Waals surface area contributed by atoms with E-state index in [1.165, 1.54) is 33.8 Å². The van der Waals surface area contributed by atoms with E-state index in [0.29, 0.717) is 23.5 Å². The molecule has 39 heavy (non-hydrogen) atoms. The van der Waals surface area contributed by atoms with Crippen molar-refractivity contribution in [1.82, 2.24) is 20.2 Å². The van der Waals surface area contributed by atoms with E-state index in [0.717, 1.165) is 16.9 Å². The van der Waals surface area contributed by atoms with Crippen molar-refractivity contribution in [2.24, 2.45) is 5.16 Å². The maximum Gasteiger partial charge on any atom is 0.352 e. The third-order valence-electron chi connectivity index (χ3n) is 5.28. The molecule has 4 heterocycles. The molecular formula is C24H20N6O6S3. The van der Waals surface area contributed by atoms with Gasteiger partial charge in [-0.2, -0.15) is 0 Å². The number of amides is 3. The number of nitrogens with zero attached hydrogens (tertiary/aromatic N) is 4. The zero-order chi connectivity index (χ0) is 27.8. The number of thioether (sulfide) groups is 2. The number of hydrogen-bond acceptors (Lipinski definition) is 11. The fourth-order valence-corrected chi connectivity index (χ4v) is 6.51. The summed E-state index contributed by atoms with van der Waals surface area (Å²) < 4.78 is 0. The van der Waals surface area contributed by atoms with Crippen LogP contribution < -0.4 is 10.6 Å². The number of thiazole rings is 1. The van der Waals surface area contributed by atoms with Crippen LogP contribution in [-0.4, -0.2) is 79.4 Å². The second-order valence-electron chi connectivity index (χ2n) is 7.74. The molecule has 3 N–H and O–H groups in total. The average molecular weight is 585 g/mol. The van der Waals surface area contributed by atoms with Gasteiger partial charge in [0.25, 0.3) is 11.8 Å². The van der Waals surface area contributed by atoms with Gasteiger partial charge in [0.2, 0.25) is 6.41 Å². The minimum Gasteiger partial charge on any atom is -0.477 e. The summed E-state index contributed by atoms with van der Waals surface area (Å²) in [5.74, 6) is 0.429. The molecule has 4 rings (SSSR count). The smallest absolute Gasteiger partial charge is 0.352 e. The first-order chi connectivity index (χ1) is 18.9. The first-order valence-corrected chi connectivity index (χ1v) is 14.1. The van der Waals surface area contributed by atoms with Crippen molar-refractivity contribution in [3.05, 3.63) is 57.8 Å². The highest BCUT2D eigenvalue weighted by atomic mass is 32.2. The van der Waals surface area contributed by atoms with E-state index in [9.17, 15) is 24.3 Å². The number of β-lactam (4-membered cyclic amide) rings is 1. The molecule has 15 heteroatoms. The van der Waals surface area contributed by atoms with Crippen LogP contribution in [0.5, 0.6) is 0 Å². The zero-order valence-corrected chi connectivity index (χ0v) is 22.4. The lowest BCUT2D eigenvalue weighted by molar-refractivity contribution is -0.150. The highest BCUT2D eigenvalue weighted by Crippen LogP contribution is 2.41. The Morgan fingerprint density at radius 1 is 1.44 bits per heavy atom. The van der Waals surface area contributed by atoms with Gasteiger partial charge in [-0.15, -0.1) is 41.3 Å². The van der Waals surface area contributed by atoms with Gasteiger partial charge in [-0.1, -0.05) is 17.1 Å². The summed E-state index contributed by atoms with van der Waals surface area (Å²) in [6.07, 6.45) is 10.9. The lowest BCUT2D eigenvalue weighted by atomic mass is 10.0. The number of terminal acetylenes is 1. The number of pyridine rings is 1. The minimum absolute atomic E-state index is 0.0770. The number of oxime groups is 1. The van der Waals surface area contributed by atoms with E-state index in [-0.39, 0.29) is 28.8 Å². The van der Waals surface area contributed by atoms with Crippen molar-refractivity contribution in [3.8, 4) is 12.3 Å². The highest BCUT2D eigenvalue weighted by Gasteiger charge is 2.54. The number of aromatic nitrogens is 2. The second kappa shape index (κ2) is 13.1. The minimum atomic E-state index is -1.21. The molecule has 1 fully saturated rings. The topological polar surface area (TPSA) is 163 Å². The zero-order valence-electron chi connectivity index (χ0n) is 20.0. The van der Waals surface area contributed by atoms with Crippen molar-refractivity contribution < 1.29 is 29.1 Å². The summed E-state index contributed by atoms with van der Waals surface area (Å²) in [5, 5.41) is 21.6. The fraction of sp³-hybridized carbons (Fsp3) is 0.208. The van der Waals surface area contributed by atoms with Crippen LogP contribution in [0.25, 0.3) is 6.08 Å². The van der Waals surface area contributed by atoms with Crippen molar-refractivity contribution in [3.63, 3.8) is 0 Å². The Morgan fingerprint density at radius 3 is 3.00 bits per heavy atom.